The van der Waals surface area contributed by atoms with Crippen LogP contribution in [0.25, 0.3) is 0 Å². The molecule has 0 aromatic heterocycles. The highest BCUT2D eigenvalue weighted by Crippen LogP contribution is 2.33. The number of rotatable bonds is 2. The Morgan fingerprint density at radius 2 is 2.35 bits per heavy atom. The van der Waals surface area contributed by atoms with Crippen LogP contribution in [0.4, 0.5) is 4.39 Å². The van der Waals surface area contributed by atoms with Crippen molar-refractivity contribution in [3.05, 3.63) is 34.1 Å². The summed E-state index contributed by atoms with van der Waals surface area (Å²) in [6.45, 7) is 1.92. The van der Waals surface area contributed by atoms with Crippen molar-refractivity contribution >= 4 is 15.9 Å². The molecule has 1 saturated heterocycles. The van der Waals surface area contributed by atoms with Crippen molar-refractivity contribution in [2.75, 3.05) is 26.7 Å². The highest BCUT2D eigenvalue weighted by Gasteiger charge is 2.31. The van der Waals surface area contributed by atoms with Crippen molar-refractivity contribution in [1.82, 2.24) is 4.90 Å². The Balaban J connectivity index is 2.37. The Kier molecular flexibility index (Phi) is 4.14. The lowest BCUT2D eigenvalue weighted by Gasteiger charge is -2.39. The lowest BCUT2D eigenvalue weighted by atomic mass is 9.98. The predicted octanol–water partition coefficient (Wildman–Crippen LogP) is 1.92. The van der Waals surface area contributed by atoms with Gasteiger partial charge in [0.15, 0.2) is 0 Å². The van der Waals surface area contributed by atoms with Crippen molar-refractivity contribution in [3.63, 3.8) is 0 Å². The lowest BCUT2D eigenvalue weighted by molar-refractivity contribution is -0.0579. The van der Waals surface area contributed by atoms with Crippen LogP contribution in [0.5, 0.6) is 0 Å². The first-order valence-electron chi connectivity index (χ1n) is 5.60. The molecule has 2 N–H and O–H groups in total. The largest absolute Gasteiger partial charge is 0.374 e. The third-order valence-electron chi connectivity index (χ3n) is 3.11. The molecule has 1 aromatic rings. The fourth-order valence-electron chi connectivity index (χ4n) is 2.24. The summed E-state index contributed by atoms with van der Waals surface area (Å²) >= 11 is 3.46. The molecule has 1 aliphatic heterocycles. The number of halogens is 2. The summed E-state index contributed by atoms with van der Waals surface area (Å²) in [5, 5.41) is 0. The minimum atomic E-state index is -0.238. The van der Waals surface area contributed by atoms with E-state index in [1.807, 2.05) is 7.05 Å². The van der Waals surface area contributed by atoms with Crippen LogP contribution in [0.3, 0.4) is 0 Å². The molecule has 0 bridgehead atoms. The van der Waals surface area contributed by atoms with Crippen LogP contribution in [-0.2, 0) is 4.74 Å². The molecule has 0 aliphatic carbocycles. The topological polar surface area (TPSA) is 38.5 Å². The summed E-state index contributed by atoms with van der Waals surface area (Å²) < 4.78 is 19.9. The SMILES string of the molecule is CN1CCOC(CN)C1c1cc(F)ccc1Br. The van der Waals surface area contributed by atoms with Crippen LogP contribution in [0.2, 0.25) is 0 Å². The first-order chi connectivity index (χ1) is 8.13. The second kappa shape index (κ2) is 5.44. The van der Waals surface area contributed by atoms with Gasteiger partial charge < -0.3 is 10.5 Å². The van der Waals surface area contributed by atoms with E-state index in [-0.39, 0.29) is 18.0 Å². The number of hydrogen-bond acceptors (Lipinski definition) is 3. The van der Waals surface area contributed by atoms with E-state index in [0.29, 0.717) is 13.2 Å². The van der Waals surface area contributed by atoms with Gasteiger partial charge in [0.05, 0.1) is 18.8 Å². The monoisotopic (exact) mass is 302 g/mol. The Hall–Kier alpha value is -0.490. The Morgan fingerprint density at radius 1 is 1.59 bits per heavy atom. The molecule has 1 heterocycles. The lowest BCUT2D eigenvalue weighted by Crippen LogP contribution is -2.46. The van der Waals surface area contributed by atoms with Crippen molar-refractivity contribution in [2.24, 2.45) is 5.73 Å². The maximum atomic E-state index is 13.3. The second-order valence-corrected chi connectivity index (χ2v) is 5.09. The number of hydrogen-bond donors (Lipinski definition) is 1. The number of nitrogens with zero attached hydrogens (tertiary/aromatic N) is 1. The highest BCUT2D eigenvalue weighted by molar-refractivity contribution is 9.10. The van der Waals surface area contributed by atoms with E-state index in [0.717, 1.165) is 16.6 Å². The Morgan fingerprint density at radius 3 is 3.06 bits per heavy atom. The molecule has 2 unspecified atom stereocenters. The summed E-state index contributed by atoms with van der Waals surface area (Å²) in [5.74, 6) is -0.238. The van der Waals surface area contributed by atoms with Crippen LogP contribution >= 0.6 is 15.9 Å². The molecule has 94 valence electrons. The van der Waals surface area contributed by atoms with Gasteiger partial charge in [-0.2, -0.15) is 0 Å². The van der Waals surface area contributed by atoms with E-state index >= 15 is 0 Å². The number of nitrogens with two attached hydrogens (primary N) is 1. The van der Waals surface area contributed by atoms with Gasteiger partial charge in [-0.25, -0.2) is 4.39 Å². The molecule has 3 nitrogen and oxygen atoms in total. The van der Waals surface area contributed by atoms with Gasteiger partial charge in [0.1, 0.15) is 5.82 Å². The van der Waals surface area contributed by atoms with E-state index in [1.165, 1.54) is 6.07 Å². The van der Waals surface area contributed by atoms with Crippen LogP contribution in [-0.4, -0.2) is 37.7 Å². The van der Waals surface area contributed by atoms with Gasteiger partial charge in [0.2, 0.25) is 0 Å². The third kappa shape index (κ3) is 2.68. The quantitative estimate of drug-likeness (QED) is 0.907. The standard InChI is InChI=1S/C12H16BrFN2O/c1-16-4-5-17-11(7-15)12(16)9-6-8(14)2-3-10(9)13/h2-3,6,11-12H,4-5,7,15H2,1H3. The van der Waals surface area contributed by atoms with E-state index < -0.39 is 0 Å². The van der Waals surface area contributed by atoms with Gasteiger partial charge >= 0.3 is 0 Å². The zero-order valence-corrected chi connectivity index (χ0v) is 11.3. The first kappa shape index (κ1) is 13.0. The summed E-state index contributed by atoms with van der Waals surface area (Å²) in [4.78, 5) is 2.15. The van der Waals surface area contributed by atoms with Crippen molar-refractivity contribution in [1.29, 1.82) is 0 Å². The molecule has 0 spiro atoms. The average Bonchev–Trinajstić information content (AvgIpc) is 2.32. The van der Waals surface area contributed by atoms with E-state index in [1.54, 1.807) is 12.1 Å². The predicted molar refractivity (Wildman–Crippen MR) is 68.3 cm³/mol. The maximum Gasteiger partial charge on any atom is 0.123 e. The summed E-state index contributed by atoms with van der Waals surface area (Å²) in [6, 6.07) is 4.71. The van der Waals surface area contributed by atoms with Crippen molar-refractivity contribution in [3.8, 4) is 0 Å². The Labute approximate surface area is 109 Å². The molecule has 0 saturated carbocycles. The number of benzene rings is 1. The van der Waals surface area contributed by atoms with Crippen LogP contribution in [0, 0.1) is 5.82 Å². The normalized spacial score (nSPS) is 26.1. The average molecular weight is 303 g/mol. The zero-order chi connectivity index (χ0) is 12.4. The molecule has 1 aliphatic rings. The Bertz CT molecular complexity index is 402. The smallest absolute Gasteiger partial charge is 0.123 e. The molecule has 1 fully saturated rings. The fraction of sp³-hybridized carbons (Fsp3) is 0.500. The zero-order valence-electron chi connectivity index (χ0n) is 9.70. The van der Waals surface area contributed by atoms with Crippen LogP contribution in [0.15, 0.2) is 22.7 Å². The van der Waals surface area contributed by atoms with Gasteiger partial charge in [-0.3, -0.25) is 4.90 Å². The molecule has 5 heteroatoms. The highest BCUT2D eigenvalue weighted by atomic mass is 79.9. The van der Waals surface area contributed by atoms with Gasteiger partial charge in [-0.1, -0.05) is 15.9 Å². The second-order valence-electron chi connectivity index (χ2n) is 4.24. The summed E-state index contributed by atoms with van der Waals surface area (Å²) in [7, 11) is 2.01. The van der Waals surface area contributed by atoms with Gasteiger partial charge in [0, 0.05) is 17.6 Å². The molecule has 2 atom stereocenters. The molecular weight excluding hydrogens is 287 g/mol. The van der Waals surface area contributed by atoms with Crippen LogP contribution in [0.1, 0.15) is 11.6 Å². The van der Waals surface area contributed by atoms with E-state index in [4.69, 9.17) is 10.5 Å². The number of ether oxygens (including phenoxy) is 1. The molecule has 2 rings (SSSR count). The fourth-order valence-corrected chi connectivity index (χ4v) is 2.72. The van der Waals surface area contributed by atoms with Crippen molar-refractivity contribution in [2.45, 2.75) is 12.1 Å². The van der Waals surface area contributed by atoms with Gasteiger partial charge in [-0.05, 0) is 30.8 Å². The first-order valence-corrected chi connectivity index (χ1v) is 6.39. The molecular formula is C12H16BrFN2O. The molecule has 1 aromatic carbocycles. The number of morpholine rings is 1. The maximum absolute atomic E-state index is 13.3. The number of likely N-dealkylation sites (N-methyl/N-ethyl adjacent to an activating group) is 1. The summed E-state index contributed by atoms with van der Waals surface area (Å²) in [5.41, 5.74) is 6.61. The van der Waals surface area contributed by atoms with E-state index in [9.17, 15) is 4.39 Å². The third-order valence-corrected chi connectivity index (χ3v) is 3.83. The van der Waals surface area contributed by atoms with Crippen molar-refractivity contribution < 1.29 is 9.13 Å². The van der Waals surface area contributed by atoms with E-state index in [2.05, 4.69) is 20.8 Å². The van der Waals surface area contributed by atoms with Gasteiger partial charge in [0.25, 0.3) is 0 Å². The minimum Gasteiger partial charge on any atom is -0.374 e. The molecule has 0 radical (unpaired) electrons. The molecule has 0 amide bonds. The van der Waals surface area contributed by atoms with Gasteiger partial charge in [-0.15, -0.1) is 0 Å². The summed E-state index contributed by atoms with van der Waals surface area (Å²) in [6.07, 6.45) is -0.0909. The van der Waals surface area contributed by atoms with Crippen LogP contribution < -0.4 is 5.73 Å². The minimum absolute atomic E-state index is 0.00109. The molecule has 17 heavy (non-hydrogen) atoms.